The van der Waals surface area contributed by atoms with E-state index in [0.29, 0.717) is 5.69 Å². The van der Waals surface area contributed by atoms with Gasteiger partial charge in [-0.25, -0.2) is 0 Å². The molecule has 2 heterocycles. The first-order chi connectivity index (χ1) is 9.45. The number of amides is 1. The Kier molecular flexibility index (Phi) is 4.27. The Morgan fingerprint density at radius 1 is 1.55 bits per heavy atom. The molecular weight excluding hydrogens is 322 g/mol. The van der Waals surface area contributed by atoms with Gasteiger partial charge in [0.2, 0.25) is 0 Å². The van der Waals surface area contributed by atoms with E-state index in [1.165, 1.54) is 0 Å². The highest BCUT2D eigenvalue weighted by atomic mass is 79.9. The Morgan fingerprint density at radius 3 is 2.80 bits per heavy atom. The second kappa shape index (κ2) is 5.78. The van der Waals surface area contributed by atoms with Crippen LogP contribution in [-0.2, 0) is 13.6 Å². The molecule has 7 heteroatoms. The van der Waals surface area contributed by atoms with Crippen molar-refractivity contribution in [2.45, 2.75) is 33.4 Å². The fourth-order valence-corrected chi connectivity index (χ4v) is 2.71. The average Bonchev–Trinajstić information content (AvgIpc) is 2.95. The molecule has 0 bridgehead atoms. The number of carbonyl (C=O) groups is 1. The molecule has 2 aromatic rings. The fourth-order valence-electron chi connectivity index (χ4n) is 2.19. The van der Waals surface area contributed by atoms with Crippen LogP contribution in [0.3, 0.4) is 0 Å². The summed E-state index contributed by atoms with van der Waals surface area (Å²) in [6.45, 7) is 6.60. The molecule has 0 spiro atoms. The predicted molar refractivity (Wildman–Crippen MR) is 79.4 cm³/mol. The van der Waals surface area contributed by atoms with Gasteiger partial charge < -0.3 is 5.32 Å². The lowest BCUT2D eigenvalue weighted by Gasteiger charge is -2.15. The van der Waals surface area contributed by atoms with Gasteiger partial charge >= 0.3 is 0 Å². The van der Waals surface area contributed by atoms with Gasteiger partial charge in [-0.05, 0) is 42.8 Å². The van der Waals surface area contributed by atoms with Crippen molar-refractivity contribution in [3.05, 3.63) is 33.8 Å². The number of hydrogen-bond donors (Lipinski definition) is 1. The third-order valence-corrected chi connectivity index (χ3v) is 4.15. The molecule has 6 nitrogen and oxygen atoms in total. The minimum atomic E-state index is -0.156. The molecule has 1 atom stereocenters. The van der Waals surface area contributed by atoms with Crippen molar-refractivity contribution < 1.29 is 4.79 Å². The predicted octanol–water partition coefficient (Wildman–Crippen LogP) is 2.20. The molecule has 0 saturated carbocycles. The van der Waals surface area contributed by atoms with Crippen LogP contribution in [0.1, 0.15) is 41.8 Å². The molecule has 0 radical (unpaired) electrons. The Bertz CT molecular complexity index is 631. The summed E-state index contributed by atoms with van der Waals surface area (Å²) in [6.07, 6.45) is 1.74. The Labute approximate surface area is 126 Å². The highest BCUT2D eigenvalue weighted by Crippen LogP contribution is 2.21. The van der Waals surface area contributed by atoms with Gasteiger partial charge in [0.25, 0.3) is 5.91 Å². The van der Waals surface area contributed by atoms with Crippen LogP contribution in [0, 0.1) is 6.92 Å². The fraction of sp³-hybridized carbons (Fsp3) is 0.462. The Balaban J connectivity index is 2.19. The molecule has 0 aromatic carbocycles. The van der Waals surface area contributed by atoms with Crippen molar-refractivity contribution in [1.82, 2.24) is 24.9 Å². The van der Waals surface area contributed by atoms with Crippen molar-refractivity contribution >= 4 is 21.8 Å². The minimum absolute atomic E-state index is 0.118. The number of hydrogen-bond acceptors (Lipinski definition) is 3. The van der Waals surface area contributed by atoms with Gasteiger partial charge in [0.1, 0.15) is 5.69 Å². The largest absolute Gasteiger partial charge is 0.343 e. The van der Waals surface area contributed by atoms with E-state index in [1.807, 2.05) is 31.5 Å². The van der Waals surface area contributed by atoms with Gasteiger partial charge in [0.05, 0.1) is 21.9 Å². The molecule has 20 heavy (non-hydrogen) atoms. The van der Waals surface area contributed by atoms with Crippen LogP contribution < -0.4 is 5.32 Å². The lowest BCUT2D eigenvalue weighted by molar-refractivity contribution is 0.0928. The first kappa shape index (κ1) is 14.8. The number of halogens is 1. The maximum Gasteiger partial charge on any atom is 0.271 e. The van der Waals surface area contributed by atoms with E-state index in [2.05, 4.69) is 31.4 Å². The van der Waals surface area contributed by atoms with Crippen LogP contribution in [0.15, 0.2) is 16.7 Å². The minimum Gasteiger partial charge on any atom is -0.343 e. The smallest absolute Gasteiger partial charge is 0.271 e. The Morgan fingerprint density at radius 2 is 2.25 bits per heavy atom. The zero-order valence-corrected chi connectivity index (χ0v) is 13.6. The van der Waals surface area contributed by atoms with Crippen molar-refractivity contribution in [1.29, 1.82) is 0 Å². The SMILES string of the molecule is CCn1nccc1C(C)NC(=O)c1c(Br)c(C)nn1C. The van der Waals surface area contributed by atoms with Gasteiger partial charge in [-0.1, -0.05) is 0 Å². The molecule has 0 aliphatic heterocycles. The van der Waals surface area contributed by atoms with Crippen LogP contribution in [0.5, 0.6) is 0 Å². The van der Waals surface area contributed by atoms with Crippen LogP contribution in [0.2, 0.25) is 0 Å². The second-order valence-electron chi connectivity index (χ2n) is 4.64. The van der Waals surface area contributed by atoms with Crippen molar-refractivity contribution in [2.75, 3.05) is 0 Å². The summed E-state index contributed by atoms with van der Waals surface area (Å²) in [5.41, 5.74) is 2.30. The number of aryl methyl sites for hydroxylation is 3. The van der Waals surface area contributed by atoms with Crippen molar-refractivity contribution in [3.8, 4) is 0 Å². The normalized spacial score (nSPS) is 12.4. The standard InChI is InChI=1S/C13H18BrN5O/c1-5-19-10(6-7-15-19)8(2)16-13(20)12-11(14)9(3)17-18(12)4/h6-8H,5H2,1-4H3,(H,16,20). The maximum atomic E-state index is 12.4. The molecule has 0 fully saturated rings. The van der Waals surface area contributed by atoms with Crippen molar-refractivity contribution in [3.63, 3.8) is 0 Å². The van der Waals surface area contributed by atoms with E-state index >= 15 is 0 Å². The van der Waals surface area contributed by atoms with Crippen molar-refractivity contribution in [2.24, 2.45) is 7.05 Å². The molecular formula is C13H18BrN5O. The highest BCUT2D eigenvalue weighted by molar-refractivity contribution is 9.10. The first-order valence-corrected chi connectivity index (χ1v) is 7.26. The summed E-state index contributed by atoms with van der Waals surface area (Å²) in [6, 6.07) is 1.80. The van der Waals surface area contributed by atoms with Crippen LogP contribution in [0.25, 0.3) is 0 Å². The summed E-state index contributed by atoms with van der Waals surface area (Å²) in [5.74, 6) is -0.156. The lowest BCUT2D eigenvalue weighted by Crippen LogP contribution is -2.30. The van der Waals surface area contributed by atoms with Crippen LogP contribution >= 0.6 is 15.9 Å². The molecule has 1 N–H and O–H groups in total. The van der Waals surface area contributed by atoms with Gasteiger partial charge in [-0.2, -0.15) is 10.2 Å². The van der Waals surface area contributed by atoms with E-state index in [0.717, 1.165) is 22.4 Å². The number of nitrogens with one attached hydrogen (secondary N) is 1. The number of aromatic nitrogens is 4. The third kappa shape index (κ3) is 2.63. The molecule has 0 aliphatic rings. The molecule has 0 saturated heterocycles. The topological polar surface area (TPSA) is 64.7 Å². The van der Waals surface area contributed by atoms with Gasteiger partial charge in [0, 0.05) is 19.8 Å². The molecule has 2 rings (SSSR count). The zero-order chi connectivity index (χ0) is 14.9. The Hall–Kier alpha value is -1.63. The zero-order valence-electron chi connectivity index (χ0n) is 12.0. The number of rotatable bonds is 4. The number of carbonyl (C=O) groups excluding carboxylic acids is 1. The van der Waals surface area contributed by atoms with E-state index in [1.54, 1.807) is 17.9 Å². The van der Waals surface area contributed by atoms with Gasteiger partial charge in [0.15, 0.2) is 0 Å². The van der Waals surface area contributed by atoms with E-state index in [9.17, 15) is 4.79 Å². The van der Waals surface area contributed by atoms with Gasteiger partial charge in [-0.15, -0.1) is 0 Å². The highest BCUT2D eigenvalue weighted by Gasteiger charge is 2.21. The number of nitrogens with zero attached hydrogens (tertiary/aromatic N) is 4. The molecule has 1 unspecified atom stereocenters. The van der Waals surface area contributed by atoms with Crippen LogP contribution in [-0.4, -0.2) is 25.5 Å². The lowest BCUT2D eigenvalue weighted by atomic mass is 10.2. The summed E-state index contributed by atoms with van der Waals surface area (Å²) in [7, 11) is 1.76. The van der Waals surface area contributed by atoms with E-state index < -0.39 is 0 Å². The second-order valence-corrected chi connectivity index (χ2v) is 5.43. The van der Waals surface area contributed by atoms with E-state index in [-0.39, 0.29) is 11.9 Å². The third-order valence-electron chi connectivity index (χ3n) is 3.20. The van der Waals surface area contributed by atoms with E-state index in [4.69, 9.17) is 0 Å². The summed E-state index contributed by atoms with van der Waals surface area (Å²) >= 11 is 3.41. The molecule has 2 aromatic heterocycles. The van der Waals surface area contributed by atoms with Crippen LogP contribution in [0.4, 0.5) is 0 Å². The molecule has 108 valence electrons. The first-order valence-electron chi connectivity index (χ1n) is 6.47. The summed E-state index contributed by atoms with van der Waals surface area (Å²) in [5, 5.41) is 11.4. The quantitative estimate of drug-likeness (QED) is 0.928. The molecule has 1 amide bonds. The monoisotopic (exact) mass is 339 g/mol. The summed E-state index contributed by atoms with van der Waals surface area (Å²) < 4.78 is 4.18. The molecule has 0 aliphatic carbocycles. The average molecular weight is 340 g/mol. The maximum absolute atomic E-state index is 12.4. The summed E-state index contributed by atoms with van der Waals surface area (Å²) in [4.78, 5) is 12.4. The van der Waals surface area contributed by atoms with Gasteiger partial charge in [-0.3, -0.25) is 14.2 Å².